The number of nitrogens with zero attached hydrogens (tertiary/aromatic N) is 2. The van der Waals surface area contributed by atoms with Gasteiger partial charge in [0.05, 0.1) is 5.02 Å². The van der Waals surface area contributed by atoms with Gasteiger partial charge in [0.1, 0.15) is 5.75 Å². The highest BCUT2D eigenvalue weighted by atomic mass is 35.5. The number of rotatable bonds is 5. The summed E-state index contributed by atoms with van der Waals surface area (Å²) >= 11 is 6.38. The van der Waals surface area contributed by atoms with E-state index in [2.05, 4.69) is 4.90 Å². The number of piperidine rings is 1. The molecule has 2 aromatic carbocycles. The third-order valence-electron chi connectivity index (χ3n) is 5.86. The molecule has 0 spiro atoms. The fraction of sp³-hybridized carbons (Fsp3) is 0.435. The Hall–Kier alpha value is -2.04. The van der Waals surface area contributed by atoms with Crippen LogP contribution in [0.5, 0.6) is 5.75 Å². The molecule has 2 aromatic rings. The van der Waals surface area contributed by atoms with Crippen LogP contribution < -0.4 is 4.74 Å². The molecule has 2 aliphatic rings. The van der Waals surface area contributed by atoms with Crippen LogP contribution in [0.25, 0.3) is 11.1 Å². The van der Waals surface area contributed by atoms with E-state index in [9.17, 15) is 4.79 Å². The van der Waals surface area contributed by atoms with Crippen molar-refractivity contribution in [1.82, 2.24) is 9.80 Å². The molecule has 0 unspecified atom stereocenters. The van der Waals surface area contributed by atoms with Crippen molar-refractivity contribution >= 4 is 17.5 Å². The van der Waals surface area contributed by atoms with E-state index in [0.717, 1.165) is 37.1 Å². The molecule has 1 amide bonds. The number of likely N-dealkylation sites (tertiary alicyclic amines) is 2. The first-order valence-corrected chi connectivity index (χ1v) is 10.6. The number of hydrogen-bond donors (Lipinski definition) is 0. The maximum Gasteiger partial charge on any atom is 0.260 e. The Bertz CT molecular complexity index is 798. The zero-order valence-corrected chi connectivity index (χ0v) is 16.9. The highest BCUT2D eigenvalue weighted by molar-refractivity contribution is 6.32. The smallest absolute Gasteiger partial charge is 0.260 e. The fourth-order valence-corrected chi connectivity index (χ4v) is 4.48. The molecular weight excluding hydrogens is 372 g/mol. The lowest BCUT2D eigenvalue weighted by Gasteiger charge is -2.36. The van der Waals surface area contributed by atoms with Gasteiger partial charge >= 0.3 is 0 Å². The van der Waals surface area contributed by atoms with Crippen molar-refractivity contribution in [2.24, 2.45) is 0 Å². The van der Waals surface area contributed by atoms with Crippen molar-refractivity contribution in [1.29, 1.82) is 0 Å². The average molecular weight is 399 g/mol. The number of carbonyl (C=O) groups is 1. The summed E-state index contributed by atoms with van der Waals surface area (Å²) in [6.07, 6.45) is 4.77. The molecule has 0 atom stereocenters. The molecule has 2 fully saturated rings. The lowest BCUT2D eigenvalue weighted by Crippen LogP contribution is -2.47. The molecule has 0 aliphatic carbocycles. The molecule has 2 saturated heterocycles. The first-order chi connectivity index (χ1) is 13.7. The summed E-state index contributed by atoms with van der Waals surface area (Å²) in [5.74, 6) is 0.602. The van der Waals surface area contributed by atoms with Gasteiger partial charge < -0.3 is 14.5 Å². The molecule has 2 aliphatic heterocycles. The Morgan fingerprint density at radius 3 is 2.36 bits per heavy atom. The number of carbonyl (C=O) groups excluding carboxylic acids is 1. The van der Waals surface area contributed by atoms with Crippen molar-refractivity contribution in [3.63, 3.8) is 0 Å². The van der Waals surface area contributed by atoms with Crippen LogP contribution in [-0.2, 0) is 4.79 Å². The van der Waals surface area contributed by atoms with Crippen LogP contribution in [0, 0.1) is 0 Å². The molecule has 4 nitrogen and oxygen atoms in total. The van der Waals surface area contributed by atoms with Crippen LogP contribution in [0.1, 0.15) is 25.7 Å². The van der Waals surface area contributed by atoms with E-state index in [1.165, 1.54) is 25.9 Å². The molecule has 5 heteroatoms. The molecule has 28 heavy (non-hydrogen) atoms. The molecule has 0 saturated carbocycles. The van der Waals surface area contributed by atoms with Crippen molar-refractivity contribution in [2.75, 3.05) is 32.8 Å². The van der Waals surface area contributed by atoms with Gasteiger partial charge in [-0.05, 0) is 62.0 Å². The average Bonchev–Trinajstić information content (AvgIpc) is 3.28. The largest absolute Gasteiger partial charge is 0.482 e. The van der Waals surface area contributed by atoms with Gasteiger partial charge in [-0.1, -0.05) is 48.0 Å². The quantitative estimate of drug-likeness (QED) is 0.744. The Balaban J connectivity index is 1.29. The van der Waals surface area contributed by atoms with E-state index in [1.54, 1.807) is 0 Å². The van der Waals surface area contributed by atoms with Gasteiger partial charge in [0.2, 0.25) is 0 Å². The first kappa shape index (κ1) is 19.3. The summed E-state index contributed by atoms with van der Waals surface area (Å²) in [6, 6.07) is 16.4. The minimum absolute atomic E-state index is 0.0405. The van der Waals surface area contributed by atoms with Gasteiger partial charge in [0.25, 0.3) is 5.91 Å². The highest BCUT2D eigenvalue weighted by Gasteiger charge is 2.28. The number of benzene rings is 2. The van der Waals surface area contributed by atoms with Gasteiger partial charge in [-0.2, -0.15) is 0 Å². The normalized spacial score (nSPS) is 18.4. The number of halogens is 1. The molecule has 0 aromatic heterocycles. The standard InChI is InChI=1S/C23H27ClN2O2/c24-21-16-19(18-6-2-1-3-7-18)8-9-22(21)28-17-23(27)26-14-10-20(11-15-26)25-12-4-5-13-25/h1-3,6-9,16,20H,4-5,10-15,17H2. The molecule has 0 N–H and O–H groups in total. The van der Waals surface area contributed by atoms with Crippen LogP contribution in [0.2, 0.25) is 5.02 Å². The van der Waals surface area contributed by atoms with Crippen LogP contribution in [-0.4, -0.2) is 54.5 Å². The summed E-state index contributed by atoms with van der Waals surface area (Å²) in [7, 11) is 0. The van der Waals surface area contributed by atoms with Crippen LogP contribution in [0.3, 0.4) is 0 Å². The summed E-state index contributed by atoms with van der Waals surface area (Å²) in [5.41, 5.74) is 2.14. The molecule has 148 valence electrons. The maximum absolute atomic E-state index is 12.5. The fourth-order valence-electron chi connectivity index (χ4n) is 4.25. The zero-order chi connectivity index (χ0) is 19.3. The maximum atomic E-state index is 12.5. The summed E-state index contributed by atoms with van der Waals surface area (Å²) in [6.45, 7) is 4.13. The van der Waals surface area contributed by atoms with Gasteiger partial charge in [-0.3, -0.25) is 4.79 Å². The van der Waals surface area contributed by atoms with Gasteiger partial charge in [0, 0.05) is 19.1 Å². The molecule has 0 radical (unpaired) electrons. The Kier molecular flexibility index (Phi) is 6.18. The Morgan fingerprint density at radius 2 is 1.68 bits per heavy atom. The second-order valence-electron chi connectivity index (χ2n) is 7.65. The summed E-state index contributed by atoms with van der Waals surface area (Å²) in [5, 5.41) is 0.530. The van der Waals surface area contributed by atoms with E-state index in [0.29, 0.717) is 16.8 Å². The summed E-state index contributed by atoms with van der Waals surface area (Å²) < 4.78 is 5.74. The van der Waals surface area contributed by atoms with E-state index in [-0.39, 0.29) is 12.5 Å². The first-order valence-electron chi connectivity index (χ1n) is 10.2. The third kappa shape index (κ3) is 4.50. The molecule has 4 rings (SSSR count). The number of ether oxygens (including phenoxy) is 1. The second kappa shape index (κ2) is 8.97. The minimum atomic E-state index is 0.0405. The van der Waals surface area contributed by atoms with E-state index in [1.807, 2.05) is 53.4 Å². The summed E-state index contributed by atoms with van der Waals surface area (Å²) in [4.78, 5) is 17.1. The predicted molar refractivity (Wildman–Crippen MR) is 113 cm³/mol. The lowest BCUT2D eigenvalue weighted by molar-refractivity contribution is -0.134. The van der Waals surface area contributed by atoms with E-state index >= 15 is 0 Å². The Labute approximate surface area is 172 Å². The van der Waals surface area contributed by atoms with Crippen LogP contribution in [0.4, 0.5) is 0 Å². The minimum Gasteiger partial charge on any atom is -0.482 e. The van der Waals surface area contributed by atoms with Crippen molar-refractivity contribution in [2.45, 2.75) is 31.7 Å². The van der Waals surface area contributed by atoms with Gasteiger partial charge in [-0.25, -0.2) is 0 Å². The van der Waals surface area contributed by atoms with Crippen LogP contribution in [0.15, 0.2) is 48.5 Å². The van der Waals surface area contributed by atoms with Crippen molar-refractivity contribution in [3.05, 3.63) is 53.6 Å². The van der Waals surface area contributed by atoms with Crippen molar-refractivity contribution < 1.29 is 9.53 Å². The zero-order valence-electron chi connectivity index (χ0n) is 16.1. The van der Waals surface area contributed by atoms with Gasteiger partial charge in [-0.15, -0.1) is 0 Å². The predicted octanol–water partition coefficient (Wildman–Crippen LogP) is 4.47. The monoisotopic (exact) mass is 398 g/mol. The second-order valence-corrected chi connectivity index (χ2v) is 8.06. The SMILES string of the molecule is O=C(COc1ccc(-c2ccccc2)cc1Cl)N1CCC(N2CCCC2)CC1. The molecule has 2 heterocycles. The van der Waals surface area contributed by atoms with E-state index < -0.39 is 0 Å². The van der Waals surface area contributed by atoms with Crippen molar-refractivity contribution in [3.8, 4) is 16.9 Å². The van der Waals surface area contributed by atoms with Gasteiger partial charge in [0.15, 0.2) is 6.61 Å². The highest BCUT2D eigenvalue weighted by Crippen LogP contribution is 2.30. The third-order valence-corrected chi connectivity index (χ3v) is 6.16. The Morgan fingerprint density at radius 1 is 0.964 bits per heavy atom. The lowest BCUT2D eigenvalue weighted by atomic mass is 10.0. The number of hydrogen-bond acceptors (Lipinski definition) is 3. The topological polar surface area (TPSA) is 32.8 Å². The van der Waals surface area contributed by atoms with E-state index in [4.69, 9.17) is 16.3 Å². The molecular formula is C23H27ClN2O2. The number of amides is 1. The van der Waals surface area contributed by atoms with Crippen LogP contribution >= 0.6 is 11.6 Å². The molecule has 0 bridgehead atoms.